The predicted molar refractivity (Wildman–Crippen MR) is 106 cm³/mol. The van der Waals surface area contributed by atoms with E-state index in [2.05, 4.69) is 5.32 Å². The van der Waals surface area contributed by atoms with Crippen LogP contribution in [0.15, 0.2) is 30.3 Å². The Morgan fingerprint density at radius 2 is 1.97 bits per heavy atom. The number of nitrogens with one attached hydrogen (secondary N) is 1. The molecule has 1 aromatic rings. The van der Waals surface area contributed by atoms with Gasteiger partial charge in [0.25, 0.3) is 11.8 Å². The maximum Gasteiger partial charge on any atom is 0.326 e. The molecule has 2 aliphatic rings. The molecule has 1 aliphatic carbocycles. The van der Waals surface area contributed by atoms with Gasteiger partial charge in [-0.25, -0.2) is 4.79 Å². The van der Waals surface area contributed by atoms with E-state index in [0.29, 0.717) is 18.7 Å². The van der Waals surface area contributed by atoms with Gasteiger partial charge in [-0.05, 0) is 37.8 Å². The zero-order chi connectivity index (χ0) is 21.0. The summed E-state index contributed by atoms with van der Waals surface area (Å²) in [5.41, 5.74) is -0.212. The number of esters is 1. The Morgan fingerprint density at radius 1 is 1.24 bits per heavy atom. The van der Waals surface area contributed by atoms with Gasteiger partial charge < -0.3 is 15.0 Å². The van der Waals surface area contributed by atoms with Crippen LogP contribution in [-0.2, 0) is 19.1 Å². The minimum atomic E-state index is -0.919. The van der Waals surface area contributed by atoms with Crippen molar-refractivity contribution in [1.29, 1.82) is 0 Å². The second-order valence-corrected chi connectivity index (χ2v) is 7.57. The number of benzene rings is 1. The quantitative estimate of drug-likeness (QED) is 0.582. The minimum absolute atomic E-state index is 0.0132. The van der Waals surface area contributed by atoms with Crippen molar-refractivity contribution >= 4 is 29.5 Å². The van der Waals surface area contributed by atoms with Crippen LogP contribution in [0.4, 0.5) is 10.5 Å². The van der Waals surface area contributed by atoms with E-state index in [1.54, 1.807) is 12.1 Å². The van der Waals surface area contributed by atoms with Crippen molar-refractivity contribution in [1.82, 2.24) is 10.2 Å². The maximum atomic E-state index is 12.9. The topological polar surface area (TPSA) is 96.0 Å². The average molecular weight is 401 g/mol. The number of hydrogen-bond donors (Lipinski definition) is 1. The molecule has 3 rings (SSSR count). The molecule has 1 saturated carbocycles. The first-order valence-electron chi connectivity index (χ1n) is 10.0. The van der Waals surface area contributed by atoms with Crippen molar-refractivity contribution in [2.24, 2.45) is 5.92 Å². The summed E-state index contributed by atoms with van der Waals surface area (Å²) in [5.74, 6) is -1.52. The largest absolute Gasteiger partial charge is 0.454 e. The first-order valence-corrected chi connectivity index (χ1v) is 10.0. The van der Waals surface area contributed by atoms with Crippen LogP contribution in [0.25, 0.3) is 0 Å². The molecule has 1 spiro atoms. The summed E-state index contributed by atoms with van der Waals surface area (Å²) in [6, 6.07) is 8.49. The fraction of sp³-hybridized carbons (Fsp3) is 0.524. The van der Waals surface area contributed by atoms with E-state index >= 15 is 0 Å². The van der Waals surface area contributed by atoms with Crippen molar-refractivity contribution < 1.29 is 23.9 Å². The number of carbonyl (C=O) groups excluding carboxylic acids is 4. The van der Waals surface area contributed by atoms with Crippen molar-refractivity contribution in [3.63, 3.8) is 0 Å². The molecule has 1 N–H and O–H groups in total. The van der Waals surface area contributed by atoms with E-state index in [4.69, 9.17) is 4.74 Å². The summed E-state index contributed by atoms with van der Waals surface area (Å²) >= 11 is 0. The Hall–Kier alpha value is -2.90. The lowest BCUT2D eigenvalue weighted by Gasteiger charge is -2.36. The zero-order valence-electron chi connectivity index (χ0n) is 16.8. The van der Waals surface area contributed by atoms with Gasteiger partial charge in [-0.3, -0.25) is 19.3 Å². The number of urea groups is 1. The maximum absolute atomic E-state index is 12.9. The first kappa shape index (κ1) is 20.8. The molecule has 8 heteroatoms. The van der Waals surface area contributed by atoms with Gasteiger partial charge in [0.2, 0.25) is 0 Å². The zero-order valence-corrected chi connectivity index (χ0v) is 16.8. The second-order valence-electron chi connectivity index (χ2n) is 7.57. The highest BCUT2D eigenvalue weighted by Gasteiger charge is 2.55. The van der Waals surface area contributed by atoms with Crippen molar-refractivity contribution in [3.8, 4) is 0 Å². The molecule has 1 saturated heterocycles. The van der Waals surface area contributed by atoms with Crippen LogP contribution >= 0.6 is 0 Å². The fourth-order valence-electron chi connectivity index (χ4n) is 4.14. The second kappa shape index (κ2) is 8.63. The molecule has 2 unspecified atom stereocenters. The summed E-state index contributed by atoms with van der Waals surface area (Å²) in [4.78, 5) is 52.3. The van der Waals surface area contributed by atoms with E-state index in [1.807, 2.05) is 32.0 Å². The molecular formula is C21H27N3O5. The molecule has 2 fully saturated rings. The third-order valence-corrected chi connectivity index (χ3v) is 5.83. The molecule has 1 aromatic carbocycles. The van der Waals surface area contributed by atoms with Gasteiger partial charge in [0.1, 0.15) is 12.1 Å². The third-order valence-electron chi connectivity index (χ3n) is 5.83. The summed E-state index contributed by atoms with van der Waals surface area (Å²) in [7, 11) is 0. The van der Waals surface area contributed by atoms with E-state index in [0.717, 1.165) is 24.2 Å². The number of para-hydroxylation sites is 1. The van der Waals surface area contributed by atoms with Gasteiger partial charge in [0, 0.05) is 12.2 Å². The van der Waals surface area contributed by atoms with E-state index < -0.39 is 30.7 Å². The van der Waals surface area contributed by atoms with E-state index in [-0.39, 0.29) is 17.7 Å². The Kier molecular flexibility index (Phi) is 6.20. The van der Waals surface area contributed by atoms with E-state index in [1.165, 1.54) is 4.90 Å². The number of anilines is 1. The number of nitrogens with zero attached hydrogens (tertiary/aromatic N) is 2. The van der Waals surface area contributed by atoms with Crippen LogP contribution in [-0.4, -0.2) is 54.0 Å². The van der Waals surface area contributed by atoms with E-state index in [9.17, 15) is 19.2 Å². The minimum Gasteiger partial charge on any atom is -0.454 e. The Labute approximate surface area is 170 Å². The van der Waals surface area contributed by atoms with Crippen LogP contribution in [0.2, 0.25) is 0 Å². The lowest BCUT2D eigenvalue weighted by Crippen LogP contribution is -2.54. The third kappa shape index (κ3) is 4.11. The standard InChI is InChI=1S/C21H27N3O5/c1-3-23(16-10-5-4-6-11-16)17(25)14-29-18(26)13-24-19(27)21(22-20(24)28)12-8-7-9-15(21)2/h4-6,10-11,15H,3,7-9,12-14H2,1-2H3,(H,22,28). The molecule has 156 valence electrons. The van der Waals surface area contributed by atoms with Crippen LogP contribution in [0.1, 0.15) is 39.5 Å². The number of imide groups is 1. The monoisotopic (exact) mass is 401 g/mol. The van der Waals surface area contributed by atoms with Crippen LogP contribution in [0, 0.1) is 5.92 Å². The van der Waals surface area contributed by atoms with Gasteiger partial charge in [-0.2, -0.15) is 0 Å². The van der Waals surface area contributed by atoms with Gasteiger partial charge in [0.15, 0.2) is 6.61 Å². The lowest BCUT2D eigenvalue weighted by molar-refractivity contribution is -0.151. The summed E-state index contributed by atoms with van der Waals surface area (Å²) in [6.45, 7) is 3.25. The lowest BCUT2D eigenvalue weighted by atomic mass is 9.73. The number of rotatable bonds is 6. The number of hydrogen-bond acceptors (Lipinski definition) is 5. The number of likely N-dealkylation sites (N-methyl/N-ethyl adjacent to an activating group) is 1. The summed E-state index contributed by atoms with van der Waals surface area (Å²) in [6.07, 6.45) is 3.30. The molecule has 0 aromatic heterocycles. The van der Waals surface area contributed by atoms with Crippen LogP contribution in [0.5, 0.6) is 0 Å². The highest BCUT2D eigenvalue weighted by atomic mass is 16.5. The highest BCUT2D eigenvalue weighted by Crippen LogP contribution is 2.38. The Balaban J connectivity index is 1.57. The van der Waals surface area contributed by atoms with Crippen LogP contribution in [0.3, 0.4) is 0 Å². The van der Waals surface area contributed by atoms with Crippen molar-refractivity contribution in [2.75, 3.05) is 24.6 Å². The molecule has 1 heterocycles. The van der Waals surface area contributed by atoms with Crippen LogP contribution < -0.4 is 10.2 Å². The molecule has 2 atom stereocenters. The summed E-state index contributed by atoms with van der Waals surface area (Å²) < 4.78 is 5.07. The molecule has 8 nitrogen and oxygen atoms in total. The first-order chi connectivity index (χ1) is 13.9. The average Bonchev–Trinajstić information content (AvgIpc) is 2.95. The predicted octanol–water partition coefficient (Wildman–Crippen LogP) is 2.08. The van der Waals surface area contributed by atoms with Crippen molar-refractivity contribution in [2.45, 2.75) is 45.1 Å². The summed E-state index contributed by atoms with van der Waals surface area (Å²) in [5, 5.41) is 2.79. The highest BCUT2D eigenvalue weighted by molar-refractivity contribution is 6.09. The SMILES string of the molecule is CCN(C(=O)COC(=O)CN1C(=O)NC2(CCCCC2C)C1=O)c1ccccc1. The number of ether oxygens (including phenoxy) is 1. The molecule has 4 amide bonds. The van der Waals surface area contributed by atoms with Crippen molar-refractivity contribution in [3.05, 3.63) is 30.3 Å². The molecule has 0 radical (unpaired) electrons. The molecule has 1 aliphatic heterocycles. The smallest absolute Gasteiger partial charge is 0.326 e. The normalized spacial score (nSPS) is 23.8. The number of amides is 4. The van der Waals surface area contributed by atoms with Gasteiger partial charge in [0.05, 0.1) is 0 Å². The van der Waals surface area contributed by atoms with Gasteiger partial charge in [-0.15, -0.1) is 0 Å². The van der Waals surface area contributed by atoms with Gasteiger partial charge >= 0.3 is 12.0 Å². The Bertz CT molecular complexity index is 797. The Morgan fingerprint density at radius 3 is 2.62 bits per heavy atom. The molecular weight excluding hydrogens is 374 g/mol. The fourth-order valence-corrected chi connectivity index (χ4v) is 4.14. The van der Waals surface area contributed by atoms with Gasteiger partial charge in [-0.1, -0.05) is 38.0 Å². The molecule has 29 heavy (non-hydrogen) atoms. The molecule has 0 bridgehead atoms. The number of carbonyl (C=O) groups is 4.